The molecule has 31 heavy (non-hydrogen) atoms. The van der Waals surface area contributed by atoms with E-state index in [0.717, 1.165) is 23.1 Å². The average Bonchev–Trinajstić information content (AvgIpc) is 3.13. The maximum Gasteiger partial charge on any atom is 0.194 e. The van der Waals surface area contributed by atoms with E-state index in [9.17, 15) is 10.2 Å². The van der Waals surface area contributed by atoms with Gasteiger partial charge in [0.2, 0.25) is 0 Å². The van der Waals surface area contributed by atoms with Crippen molar-refractivity contribution in [1.82, 2.24) is 9.55 Å². The second-order valence-corrected chi connectivity index (χ2v) is 7.76. The molecule has 0 saturated heterocycles. The summed E-state index contributed by atoms with van der Waals surface area (Å²) in [4.78, 5) is 4.15. The number of ether oxygens (including phenoxy) is 1. The smallest absolute Gasteiger partial charge is 0.194 e. The number of benzene rings is 2. The van der Waals surface area contributed by atoms with Crippen LogP contribution >= 0.6 is 11.6 Å². The normalized spacial score (nSPS) is 11.9. The van der Waals surface area contributed by atoms with Gasteiger partial charge in [0.15, 0.2) is 11.8 Å². The summed E-state index contributed by atoms with van der Waals surface area (Å²) in [6.07, 6.45) is 4.97. The fourth-order valence-electron chi connectivity index (χ4n) is 3.57. The van der Waals surface area contributed by atoms with Crippen LogP contribution in [0.15, 0.2) is 85.2 Å². The lowest BCUT2D eigenvalue weighted by molar-refractivity contribution is 0.217. The quantitative estimate of drug-likeness (QED) is 0.364. The van der Waals surface area contributed by atoms with Crippen LogP contribution in [0.2, 0.25) is 5.02 Å². The first kappa shape index (κ1) is 20.8. The Morgan fingerprint density at radius 1 is 0.903 bits per heavy atom. The van der Waals surface area contributed by atoms with Crippen LogP contribution in [0, 0.1) is 0 Å². The first-order valence-electron chi connectivity index (χ1n) is 10.1. The van der Waals surface area contributed by atoms with E-state index >= 15 is 0 Å². The van der Waals surface area contributed by atoms with E-state index in [1.54, 1.807) is 6.20 Å². The molecule has 0 saturated carbocycles. The van der Waals surface area contributed by atoms with Gasteiger partial charge >= 0.3 is 0 Å². The standard InChI is InChI=1S/C25H23ClN2O3/c26-21-5-1-4-20(15-21)19-7-10-23(11-8-19)31-17-22(28-24(29)12-13-25(28)30)9-6-18-3-2-14-27-16-18/h1-5,7-8,10-16,22,29-30H,6,9,17H2. The maximum atomic E-state index is 10.2. The zero-order valence-corrected chi connectivity index (χ0v) is 17.6. The predicted molar refractivity (Wildman–Crippen MR) is 122 cm³/mol. The van der Waals surface area contributed by atoms with Crippen molar-refractivity contribution in [2.75, 3.05) is 6.61 Å². The van der Waals surface area contributed by atoms with Crippen LogP contribution in [0.4, 0.5) is 0 Å². The minimum absolute atomic E-state index is 0.00795. The summed E-state index contributed by atoms with van der Waals surface area (Å²) in [5.74, 6) is 0.727. The summed E-state index contributed by atoms with van der Waals surface area (Å²) < 4.78 is 7.52. The van der Waals surface area contributed by atoms with E-state index < -0.39 is 0 Å². The molecule has 6 heteroatoms. The summed E-state index contributed by atoms with van der Waals surface area (Å²) >= 11 is 6.09. The molecule has 2 heterocycles. The molecule has 0 fully saturated rings. The number of pyridine rings is 1. The second-order valence-electron chi connectivity index (χ2n) is 7.32. The fraction of sp³-hybridized carbons (Fsp3) is 0.160. The average molecular weight is 435 g/mol. The van der Waals surface area contributed by atoms with Crippen molar-refractivity contribution in [3.05, 3.63) is 95.8 Å². The van der Waals surface area contributed by atoms with E-state index in [1.165, 1.54) is 16.7 Å². The van der Waals surface area contributed by atoms with Crippen molar-refractivity contribution >= 4 is 11.6 Å². The van der Waals surface area contributed by atoms with E-state index in [-0.39, 0.29) is 17.8 Å². The molecule has 0 amide bonds. The minimum atomic E-state index is -0.247. The number of aromatic hydroxyl groups is 2. The van der Waals surface area contributed by atoms with Gasteiger partial charge in [-0.25, -0.2) is 0 Å². The molecule has 0 spiro atoms. The molecule has 5 nitrogen and oxygen atoms in total. The molecule has 158 valence electrons. The molecule has 0 aliphatic heterocycles. The Morgan fingerprint density at radius 2 is 1.68 bits per heavy atom. The topological polar surface area (TPSA) is 67.5 Å². The summed E-state index contributed by atoms with van der Waals surface area (Å²) in [6, 6.07) is 22.1. The van der Waals surface area contributed by atoms with Gasteiger partial charge in [0, 0.05) is 29.5 Å². The number of halogens is 1. The second kappa shape index (κ2) is 9.58. The molecular formula is C25H23ClN2O3. The third kappa shape index (κ3) is 5.19. The van der Waals surface area contributed by atoms with Crippen LogP contribution in [0.1, 0.15) is 18.0 Å². The van der Waals surface area contributed by atoms with Gasteiger partial charge in [0.05, 0.1) is 6.04 Å². The van der Waals surface area contributed by atoms with E-state index in [1.807, 2.05) is 66.9 Å². The van der Waals surface area contributed by atoms with E-state index in [0.29, 0.717) is 23.8 Å². The Kier molecular flexibility index (Phi) is 6.43. The highest BCUT2D eigenvalue weighted by molar-refractivity contribution is 6.30. The number of rotatable bonds is 8. The Balaban J connectivity index is 1.46. The van der Waals surface area contributed by atoms with Gasteiger partial charge in [-0.3, -0.25) is 9.55 Å². The van der Waals surface area contributed by atoms with Gasteiger partial charge in [-0.1, -0.05) is 41.9 Å². The summed E-state index contributed by atoms with van der Waals surface area (Å²) in [6.45, 7) is 0.298. The van der Waals surface area contributed by atoms with Crippen molar-refractivity contribution in [1.29, 1.82) is 0 Å². The highest BCUT2D eigenvalue weighted by Gasteiger charge is 2.19. The van der Waals surface area contributed by atoms with E-state index in [4.69, 9.17) is 16.3 Å². The lowest BCUT2D eigenvalue weighted by Gasteiger charge is -2.21. The van der Waals surface area contributed by atoms with Gasteiger partial charge in [-0.2, -0.15) is 0 Å². The molecule has 2 N–H and O–H groups in total. The third-order valence-corrected chi connectivity index (χ3v) is 5.42. The summed E-state index contributed by atoms with van der Waals surface area (Å²) in [5, 5.41) is 21.1. The van der Waals surface area contributed by atoms with Crippen molar-refractivity contribution < 1.29 is 14.9 Å². The molecule has 1 unspecified atom stereocenters. The molecule has 2 aromatic carbocycles. The molecule has 1 atom stereocenters. The van der Waals surface area contributed by atoms with Gasteiger partial charge < -0.3 is 14.9 Å². The number of hydrogen-bond donors (Lipinski definition) is 2. The van der Waals surface area contributed by atoms with Crippen molar-refractivity contribution in [3.8, 4) is 28.6 Å². The van der Waals surface area contributed by atoms with Crippen LogP contribution in [-0.4, -0.2) is 26.4 Å². The summed E-state index contributed by atoms with van der Waals surface area (Å²) in [5.41, 5.74) is 3.17. The summed E-state index contributed by atoms with van der Waals surface area (Å²) in [7, 11) is 0. The molecule has 4 aromatic rings. The Morgan fingerprint density at radius 3 is 2.35 bits per heavy atom. The maximum absolute atomic E-state index is 10.2. The number of nitrogens with zero attached hydrogens (tertiary/aromatic N) is 2. The number of aromatic nitrogens is 2. The molecule has 0 bridgehead atoms. The fourth-order valence-corrected chi connectivity index (χ4v) is 3.76. The van der Waals surface area contributed by atoms with Crippen LogP contribution in [0.3, 0.4) is 0 Å². The van der Waals surface area contributed by atoms with Crippen molar-refractivity contribution in [3.63, 3.8) is 0 Å². The SMILES string of the molecule is Oc1ccc(O)n1C(CCc1cccnc1)COc1ccc(-c2cccc(Cl)c2)cc1. The van der Waals surface area contributed by atoms with Crippen LogP contribution in [-0.2, 0) is 6.42 Å². The zero-order valence-electron chi connectivity index (χ0n) is 16.9. The monoisotopic (exact) mass is 434 g/mol. The largest absolute Gasteiger partial charge is 0.494 e. The molecule has 0 aliphatic rings. The third-order valence-electron chi connectivity index (χ3n) is 5.18. The first-order valence-corrected chi connectivity index (χ1v) is 10.4. The lowest BCUT2D eigenvalue weighted by atomic mass is 10.1. The van der Waals surface area contributed by atoms with Gasteiger partial charge in [0.1, 0.15) is 12.4 Å². The number of aryl methyl sites for hydroxylation is 1. The van der Waals surface area contributed by atoms with Gasteiger partial charge in [-0.15, -0.1) is 0 Å². The molecule has 0 aliphatic carbocycles. The van der Waals surface area contributed by atoms with Gasteiger partial charge in [-0.05, 0) is 59.9 Å². The van der Waals surface area contributed by atoms with Crippen molar-refractivity contribution in [2.45, 2.75) is 18.9 Å². The van der Waals surface area contributed by atoms with E-state index in [2.05, 4.69) is 4.98 Å². The Hall–Kier alpha value is -3.44. The molecular weight excluding hydrogens is 412 g/mol. The van der Waals surface area contributed by atoms with Crippen LogP contribution < -0.4 is 4.74 Å². The Bertz CT molecular complexity index is 1110. The molecule has 2 aromatic heterocycles. The molecule has 4 rings (SSSR count). The minimum Gasteiger partial charge on any atom is -0.494 e. The lowest BCUT2D eigenvalue weighted by Crippen LogP contribution is -2.18. The van der Waals surface area contributed by atoms with Crippen LogP contribution in [0.25, 0.3) is 11.1 Å². The Labute approximate surface area is 186 Å². The molecule has 0 radical (unpaired) electrons. The predicted octanol–water partition coefficient (Wildman–Crippen LogP) is 5.87. The zero-order chi connectivity index (χ0) is 21.6. The van der Waals surface area contributed by atoms with Crippen molar-refractivity contribution in [2.24, 2.45) is 0 Å². The van der Waals surface area contributed by atoms with Gasteiger partial charge in [0.25, 0.3) is 0 Å². The first-order chi connectivity index (χ1) is 15.1. The highest BCUT2D eigenvalue weighted by Crippen LogP contribution is 2.31. The van der Waals surface area contributed by atoms with Crippen LogP contribution in [0.5, 0.6) is 17.5 Å². The number of hydrogen-bond acceptors (Lipinski definition) is 4. The highest BCUT2D eigenvalue weighted by atomic mass is 35.5.